The molecule has 0 fully saturated rings. The van der Waals surface area contributed by atoms with Gasteiger partial charge in [0.2, 0.25) is 0 Å². The van der Waals surface area contributed by atoms with Crippen LogP contribution in [0.1, 0.15) is 50.7 Å². The molecule has 0 bridgehead atoms. The Labute approximate surface area is 141 Å². The Balaban J connectivity index is 0. The molecule has 15 heavy (non-hydrogen) atoms. The second-order valence-corrected chi connectivity index (χ2v) is 4.54. The summed E-state index contributed by atoms with van der Waals surface area (Å²) in [5.74, 6) is 1.12. The van der Waals surface area contributed by atoms with E-state index in [1.54, 1.807) is 0 Å². The maximum Gasteiger partial charge on any atom is 1.00 e. The van der Waals surface area contributed by atoms with E-state index in [0.717, 1.165) is 0 Å². The zero-order chi connectivity index (χ0) is 10.0. The molecule has 0 N–H and O–H groups in total. The zero-order valence-electron chi connectivity index (χ0n) is 10.8. The fraction of sp³-hybridized carbons (Fsp3) is 0.500. The smallest absolute Gasteiger partial charge is 1.00 e. The van der Waals surface area contributed by atoms with E-state index in [0.29, 0.717) is 11.8 Å². The summed E-state index contributed by atoms with van der Waals surface area (Å²) in [7, 11) is 4.59. The van der Waals surface area contributed by atoms with Crippen LogP contribution in [-0.4, -0.2) is 0 Å². The fourth-order valence-electron chi connectivity index (χ4n) is 1.51. The summed E-state index contributed by atoms with van der Waals surface area (Å²) in [5.41, 5.74) is 2.71. The molecule has 0 atom stereocenters. The van der Waals surface area contributed by atoms with Crippen LogP contribution in [0.25, 0.3) is 0 Å². The summed E-state index contributed by atoms with van der Waals surface area (Å²) in [5, 5.41) is 1.17. The van der Waals surface area contributed by atoms with Crippen LogP contribution in [0.2, 0.25) is 0 Å². The first-order valence-electron chi connectivity index (χ1n) is 4.85. The first-order chi connectivity index (χ1) is 6.04. The topological polar surface area (TPSA) is 0 Å². The van der Waals surface area contributed by atoms with Crippen LogP contribution in [0.15, 0.2) is 18.2 Å². The predicted octanol–water partition coefficient (Wildman–Crippen LogP) is -2.02. The molecule has 0 heterocycles. The van der Waals surface area contributed by atoms with Gasteiger partial charge in [-0.25, -0.2) is 0 Å². The molecule has 0 saturated heterocycles. The number of benzene rings is 1. The Kier molecular flexibility index (Phi) is 11.0. The van der Waals surface area contributed by atoms with Gasteiger partial charge in [0.15, 0.2) is 0 Å². The first-order valence-corrected chi connectivity index (χ1v) is 5.30. The van der Waals surface area contributed by atoms with Crippen LogP contribution in [0, 0.1) is 0 Å². The van der Waals surface area contributed by atoms with Crippen LogP contribution >= 0.6 is 9.24 Å². The van der Waals surface area contributed by atoms with E-state index in [2.05, 4.69) is 55.1 Å². The van der Waals surface area contributed by atoms with Crippen molar-refractivity contribution >= 4 is 14.5 Å². The third-order valence-electron chi connectivity index (χ3n) is 2.34. The van der Waals surface area contributed by atoms with Crippen molar-refractivity contribution in [2.75, 3.05) is 0 Å². The molecule has 0 unspecified atom stereocenters. The van der Waals surface area contributed by atoms with Gasteiger partial charge in [0.1, 0.15) is 0 Å². The van der Waals surface area contributed by atoms with Crippen molar-refractivity contribution in [3.8, 4) is 0 Å². The first kappa shape index (κ1) is 19.0. The molecule has 0 amide bonds. The van der Waals surface area contributed by atoms with E-state index >= 15 is 0 Å². The van der Waals surface area contributed by atoms with Crippen molar-refractivity contribution in [3.63, 3.8) is 0 Å². The average Bonchev–Trinajstić information content (AvgIpc) is 2.03. The Morgan fingerprint density at radius 3 is 1.47 bits per heavy atom. The molecule has 0 aliphatic carbocycles. The van der Waals surface area contributed by atoms with Gasteiger partial charge >= 0.3 is 59.1 Å². The molecule has 0 saturated carbocycles. The average molecular weight is 238 g/mol. The maximum absolute atomic E-state index is 4.59. The van der Waals surface area contributed by atoms with Gasteiger partial charge in [-0.05, 0) is 11.8 Å². The van der Waals surface area contributed by atoms with Crippen molar-refractivity contribution < 1.29 is 59.1 Å². The van der Waals surface area contributed by atoms with Crippen molar-refractivity contribution in [3.05, 3.63) is 29.3 Å². The van der Waals surface area contributed by atoms with Crippen molar-refractivity contribution in [1.29, 1.82) is 0 Å². The van der Waals surface area contributed by atoms with Gasteiger partial charge < -0.3 is 14.5 Å². The summed E-state index contributed by atoms with van der Waals surface area (Å²) in [6.07, 6.45) is 0. The predicted molar refractivity (Wildman–Crippen MR) is 61.2 cm³/mol. The zero-order valence-corrected chi connectivity index (χ0v) is 15.7. The van der Waals surface area contributed by atoms with Crippen molar-refractivity contribution in [2.45, 2.75) is 39.5 Å². The molecule has 0 aliphatic heterocycles. The van der Waals surface area contributed by atoms with Crippen LogP contribution in [0.3, 0.4) is 0 Å². The molecule has 1 rings (SSSR count). The van der Waals surface area contributed by atoms with E-state index in [-0.39, 0.29) is 59.1 Å². The van der Waals surface area contributed by atoms with Crippen LogP contribution in [0.5, 0.6) is 0 Å². The second kappa shape index (κ2) is 8.70. The van der Waals surface area contributed by atoms with Gasteiger partial charge in [-0.2, -0.15) is 0 Å². The number of hydrogen-bond donors (Lipinski definition) is 0. The van der Waals surface area contributed by atoms with Gasteiger partial charge in [0.25, 0.3) is 0 Å². The van der Waals surface area contributed by atoms with Gasteiger partial charge in [-0.3, -0.25) is 0 Å². The fourth-order valence-corrected chi connectivity index (χ4v) is 2.18. The molecule has 1 aromatic rings. The van der Waals surface area contributed by atoms with E-state index in [9.17, 15) is 0 Å². The van der Waals surface area contributed by atoms with E-state index in [4.69, 9.17) is 0 Å². The summed E-state index contributed by atoms with van der Waals surface area (Å²) in [6.45, 7) is 8.83. The minimum absolute atomic E-state index is 0. The Bertz CT molecular complexity index is 269. The van der Waals surface area contributed by atoms with Gasteiger partial charge in [0, 0.05) is 0 Å². The Hall–Kier alpha value is 1.65. The minimum Gasteiger partial charge on any atom is -1.45 e. The van der Waals surface area contributed by atoms with Crippen molar-refractivity contribution in [1.82, 2.24) is 0 Å². The van der Waals surface area contributed by atoms with E-state index in [1.807, 2.05) is 0 Å². The van der Waals surface area contributed by atoms with Crippen LogP contribution in [-0.2, 0) is 0 Å². The Morgan fingerprint density at radius 1 is 0.867 bits per heavy atom. The molecule has 0 aromatic heterocycles. The van der Waals surface area contributed by atoms with Crippen LogP contribution in [0.4, 0.5) is 0 Å². The molecular formula is C12H17Na2P. The van der Waals surface area contributed by atoms with E-state index < -0.39 is 0 Å². The Morgan fingerprint density at radius 2 is 1.20 bits per heavy atom. The molecule has 0 spiro atoms. The van der Waals surface area contributed by atoms with Crippen molar-refractivity contribution in [2.24, 2.45) is 0 Å². The molecule has 3 heteroatoms. The summed E-state index contributed by atoms with van der Waals surface area (Å²) < 4.78 is 0. The molecular weight excluding hydrogens is 221 g/mol. The molecule has 0 nitrogen and oxygen atoms in total. The van der Waals surface area contributed by atoms with Gasteiger partial charge in [0.05, 0.1) is 0 Å². The number of hydrogen-bond acceptors (Lipinski definition) is 0. The molecule has 1 aromatic carbocycles. The third-order valence-corrected chi connectivity index (χ3v) is 2.86. The standard InChI is InChI=1S/C12H17P.2Na/c1-8(2)10-6-5-7-11(9(3)4)12(10)13;;/h5-9H,1-4H3;;/q-2;2*+1. The summed E-state index contributed by atoms with van der Waals surface area (Å²) in [6, 6.07) is 6.46. The van der Waals surface area contributed by atoms with Crippen LogP contribution < -0.4 is 64.4 Å². The molecule has 0 aliphatic rings. The monoisotopic (exact) mass is 238 g/mol. The molecule has 72 valence electrons. The third kappa shape index (κ3) is 5.21. The normalized spacial score (nSPS) is 9.80. The van der Waals surface area contributed by atoms with Gasteiger partial charge in [-0.15, -0.1) is 11.1 Å². The molecule has 0 radical (unpaired) electrons. The minimum atomic E-state index is 0. The summed E-state index contributed by atoms with van der Waals surface area (Å²) >= 11 is 0. The van der Waals surface area contributed by atoms with Gasteiger partial charge in [-0.1, -0.05) is 45.9 Å². The summed E-state index contributed by atoms with van der Waals surface area (Å²) in [4.78, 5) is 0. The second-order valence-electron chi connectivity index (χ2n) is 4.09. The van der Waals surface area contributed by atoms with E-state index in [1.165, 1.54) is 16.4 Å². The number of rotatable bonds is 2. The largest absolute Gasteiger partial charge is 1.45 e. The maximum atomic E-state index is 4.59. The SMILES string of the molecule is CC(C)c1cccc(C(C)C)c1[P-2].[Na+].[Na+]. The quantitative estimate of drug-likeness (QED) is 0.412.